The molecule has 2 atom stereocenters. The largest absolute Gasteiger partial charge is 0.388 e. The molecule has 0 aromatic heterocycles. The summed E-state index contributed by atoms with van der Waals surface area (Å²) in [4.78, 5) is 0. The van der Waals surface area contributed by atoms with Gasteiger partial charge in [-0.1, -0.05) is 13.8 Å². The van der Waals surface area contributed by atoms with Gasteiger partial charge in [-0.2, -0.15) is 5.26 Å². The molecule has 19 heavy (non-hydrogen) atoms. The molecule has 2 saturated heterocycles. The summed E-state index contributed by atoms with van der Waals surface area (Å²) in [5.41, 5.74) is -0.913. The molecule has 3 heteroatoms. The van der Waals surface area contributed by atoms with Gasteiger partial charge >= 0.3 is 0 Å². The Kier molecular flexibility index (Phi) is 2.96. The summed E-state index contributed by atoms with van der Waals surface area (Å²) in [7, 11) is 0. The van der Waals surface area contributed by atoms with Crippen molar-refractivity contribution in [3.63, 3.8) is 0 Å². The fourth-order valence-electron chi connectivity index (χ4n) is 4.55. The second-order valence-electron chi connectivity index (χ2n) is 7.94. The highest BCUT2D eigenvalue weighted by atomic mass is 16.3. The quantitative estimate of drug-likeness (QED) is 0.764. The maximum atomic E-state index is 11.2. The first-order valence-electron chi connectivity index (χ1n) is 7.78. The van der Waals surface area contributed by atoms with E-state index in [2.05, 4.69) is 25.2 Å². The molecule has 0 spiro atoms. The third-order valence-corrected chi connectivity index (χ3v) is 6.07. The number of nitriles is 1. The van der Waals surface area contributed by atoms with Gasteiger partial charge in [0, 0.05) is 12.1 Å². The standard InChI is InChI=1S/C16H26N2O/c1-14(2)5-7-15(11-17,8-6-14)16(19)9-12-3-4-13(10-16)18-12/h12-13,18-19H,3-10H2,1-2H3. The highest BCUT2D eigenvalue weighted by molar-refractivity contribution is 5.18. The van der Waals surface area contributed by atoms with Crippen LogP contribution in [0.15, 0.2) is 0 Å². The zero-order valence-corrected chi connectivity index (χ0v) is 12.2. The van der Waals surface area contributed by atoms with Gasteiger partial charge in [-0.15, -0.1) is 0 Å². The minimum Gasteiger partial charge on any atom is -0.388 e. The smallest absolute Gasteiger partial charge is 0.0862 e. The van der Waals surface area contributed by atoms with Gasteiger partial charge in [-0.3, -0.25) is 0 Å². The number of aliphatic hydroxyl groups is 1. The summed E-state index contributed by atoms with van der Waals surface area (Å²) < 4.78 is 0. The fourth-order valence-corrected chi connectivity index (χ4v) is 4.55. The lowest BCUT2D eigenvalue weighted by molar-refractivity contribution is -0.113. The van der Waals surface area contributed by atoms with Gasteiger partial charge in [0.05, 0.1) is 17.1 Å². The van der Waals surface area contributed by atoms with Crippen LogP contribution >= 0.6 is 0 Å². The molecular weight excluding hydrogens is 236 g/mol. The van der Waals surface area contributed by atoms with Crippen LogP contribution in [-0.2, 0) is 0 Å². The molecule has 3 nitrogen and oxygen atoms in total. The monoisotopic (exact) mass is 262 g/mol. The van der Waals surface area contributed by atoms with E-state index in [-0.39, 0.29) is 0 Å². The Morgan fingerprint density at radius 1 is 1.05 bits per heavy atom. The highest BCUT2D eigenvalue weighted by Gasteiger charge is 2.57. The first-order valence-corrected chi connectivity index (χ1v) is 7.78. The number of piperidine rings is 1. The Hall–Kier alpha value is -0.590. The van der Waals surface area contributed by atoms with E-state index in [1.165, 1.54) is 12.8 Å². The van der Waals surface area contributed by atoms with E-state index in [0.717, 1.165) is 38.5 Å². The summed E-state index contributed by atoms with van der Waals surface area (Å²) in [6.07, 6.45) is 7.74. The number of fused-ring (bicyclic) bond motifs is 2. The van der Waals surface area contributed by atoms with Crippen molar-refractivity contribution in [1.82, 2.24) is 5.32 Å². The minimum atomic E-state index is -0.755. The molecule has 0 amide bonds. The molecule has 0 radical (unpaired) electrons. The Balaban J connectivity index is 1.84. The molecule has 1 saturated carbocycles. The number of hydrogen-bond donors (Lipinski definition) is 2. The molecule has 106 valence electrons. The Morgan fingerprint density at radius 3 is 2.05 bits per heavy atom. The Bertz CT molecular complexity index is 387. The lowest BCUT2D eigenvalue weighted by atomic mass is 9.56. The molecule has 0 aromatic rings. The maximum absolute atomic E-state index is 11.2. The van der Waals surface area contributed by atoms with Gasteiger partial charge in [0.1, 0.15) is 0 Å². The topological polar surface area (TPSA) is 56.0 Å². The van der Waals surface area contributed by atoms with Gasteiger partial charge in [-0.05, 0) is 56.8 Å². The van der Waals surface area contributed by atoms with Gasteiger partial charge in [0.2, 0.25) is 0 Å². The Labute approximate surface area is 116 Å². The predicted molar refractivity (Wildman–Crippen MR) is 74.4 cm³/mol. The fraction of sp³-hybridized carbons (Fsp3) is 0.938. The van der Waals surface area contributed by atoms with Crippen molar-refractivity contribution in [2.24, 2.45) is 10.8 Å². The molecule has 2 N–H and O–H groups in total. The summed E-state index contributed by atoms with van der Waals surface area (Å²) in [6.45, 7) is 4.56. The van der Waals surface area contributed by atoms with Crippen molar-refractivity contribution >= 4 is 0 Å². The molecule has 3 aliphatic rings. The molecule has 2 bridgehead atoms. The second-order valence-corrected chi connectivity index (χ2v) is 7.94. The van der Waals surface area contributed by atoms with E-state index in [9.17, 15) is 10.4 Å². The van der Waals surface area contributed by atoms with Crippen molar-refractivity contribution in [1.29, 1.82) is 5.26 Å². The molecule has 0 aromatic carbocycles. The zero-order valence-electron chi connectivity index (χ0n) is 12.2. The van der Waals surface area contributed by atoms with Crippen LogP contribution in [0.1, 0.15) is 65.2 Å². The predicted octanol–water partition coefficient (Wildman–Crippen LogP) is 2.74. The van der Waals surface area contributed by atoms with Gasteiger partial charge in [-0.25, -0.2) is 0 Å². The third-order valence-electron chi connectivity index (χ3n) is 6.07. The minimum absolute atomic E-state index is 0.336. The summed E-state index contributed by atoms with van der Waals surface area (Å²) in [5, 5.41) is 24.6. The van der Waals surface area contributed by atoms with Crippen molar-refractivity contribution < 1.29 is 5.11 Å². The van der Waals surface area contributed by atoms with Gasteiger partial charge < -0.3 is 10.4 Å². The van der Waals surface area contributed by atoms with Crippen molar-refractivity contribution in [3.05, 3.63) is 0 Å². The lowest BCUT2D eigenvalue weighted by Crippen LogP contribution is -2.58. The van der Waals surface area contributed by atoms with Gasteiger partial charge in [0.15, 0.2) is 0 Å². The average molecular weight is 262 g/mol. The van der Waals surface area contributed by atoms with E-state index < -0.39 is 11.0 Å². The van der Waals surface area contributed by atoms with Crippen LogP contribution in [0.2, 0.25) is 0 Å². The first-order chi connectivity index (χ1) is 8.88. The van der Waals surface area contributed by atoms with Crippen LogP contribution in [-0.4, -0.2) is 22.8 Å². The summed E-state index contributed by atoms with van der Waals surface area (Å²) in [5.74, 6) is 0. The first kappa shape index (κ1) is 13.4. The SMILES string of the molecule is CC1(C)CCC(C#N)(C2(O)CC3CCC(C2)N3)CC1. The molecular formula is C16H26N2O. The molecule has 3 fully saturated rings. The van der Waals surface area contributed by atoms with E-state index in [1.807, 2.05) is 0 Å². The molecule has 2 heterocycles. The number of nitrogens with zero attached hydrogens (tertiary/aromatic N) is 1. The third kappa shape index (κ3) is 2.10. The number of rotatable bonds is 1. The molecule has 1 aliphatic carbocycles. The van der Waals surface area contributed by atoms with E-state index in [0.29, 0.717) is 17.5 Å². The van der Waals surface area contributed by atoms with Crippen LogP contribution in [0.3, 0.4) is 0 Å². The van der Waals surface area contributed by atoms with Crippen LogP contribution in [0.25, 0.3) is 0 Å². The van der Waals surface area contributed by atoms with Crippen LogP contribution in [0, 0.1) is 22.2 Å². The second kappa shape index (κ2) is 4.20. The van der Waals surface area contributed by atoms with E-state index in [4.69, 9.17) is 0 Å². The van der Waals surface area contributed by atoms with Gasteiger partial charge in [0.25, 0.3) is 0 Å². The van der Waals surface area contributed by atoms with Crippen LogP contribution < -0.4 is 5.32 Å². The van der Waals surface area contributed by atoms with Crippen molar-refractivity contribution in [2.75, 3.05) is 0 Å². The molecule has 2 unspecified atom stereocenters. The van der Waals surface area contributed by atoms with Crippen molar-refractivity contribution in [2.45, 2.75) is 82.9 Å². The van der Waals surface area contributed by atoms with Crippen LogP contribution in [0.5, 0.6) is 0 Å². The van der Waals surface area contributed by atoms with E-state index in [1.54, 1.807) is 0 Å². The lowest BCUT2D eigenvalue weighted by Gasteiger charge is -2.51. The zero-order chi connectivity index (χ0) is 13.7. The van der Waals surface area contributed by atoms with Crippen LogP contribution in [0.4, 0.5) is 0 Å². The Morgan fingerprint density at radius 2 is 1.58 bits per heavy atom. The normalized spacial score (nSPS) is 43.7. The molecule has 2 aliphatic heterocycles. The number of nitrogens with one attached hydrogen (secondary N) is 1. The maximum Gasteiger partial charge on any atom is 0.0862 e. The molecule has 3 rings (SSSR count). The summed E-state index contributed by atoms with van der Waals surface area (Å²) >= 11 is 0. The van der Waals surface area contributed by atoms with E-state index >= 15 is 0 Å². The summed E-state index contributed by atoms with van der Waals surface area (Å²) in [6, 6.07) is 3.42. The number of hydrogen-bond acceptors (Lipinski definition) is 3. The highest BCUT2D eigenvalue weighted by Crippen LogP contribution is 2.55. The van der Waals surface area contributed by atoms with Crippen molar-refractivity contribution in [3.8, 4) is 6.07 Å². The average Bonchev–Trinajstić information content (AvgIpc) is 2.69.